The molecule has 0 saturated heterocycles. The molecule has 8 heteroatoms. The smallest absolute Gasteiger partial charge is 0.408 e. The van der Waals surface area contributed by atoms with Crippen LogP contribution in [0.1, 0.15) is 18.1 Å². The second-order valence-corrected chi connectivity index (χ2v) is 9.03. The number of nitrogens with zero attached hydrogens (tertiary/aromatic N) is 1. The topological polar surface area (TPSA) is 79.8 Å². The average molecular weight is 418 g/mol. The van der Waals surface area contributed by atoms with Gasteiger partial charge in [-0.15, -0.1) is 0 Å². The summed E-state index contributed by atoms with van der Waals surface area (Å²) in [6.45, 7) is 2.37. The SMILES string of the molecule is C[C@@](CS1(=O)=NCC=CCN1)(NC(=O)OCc1ccccc1)c1ccccc1F. The van der Waals surface area contributed by atoms with E-state index in [9.17, 15) is 13.4 Å². The molecule has 29 heavy (non-hydrogen) atoms. The van der Waals surface area contributed by atoms with E-state index in [0.29, 0.717) is 6.54 Å². The molecule has 2 aromatic carbocycles. The van der Waals surface area contributed by atoms with Crippen LogP contribution in [-0.2, 0) is 26.8 Å². The van der Waals surface area contributed by atoms with Gasteiger partial charge in [-0.25, -0.2) is 22.5 Å². The zero-order chi connectivity index (χ0) is 20.7. The van der Waals surface area contributed by atoms with Crippen molar-refractivity contribution in [1.29, 1.82) is 0 Å². The zero-order valence-electron chi connectivity index (χ0n) is 16.1. The van der Waals surface area contributed by atoms with E-state index in [1.165, 1.54) is 6.07 Å². The number of halogens is 1. The number of carbonyl (C=O) groups excluding carboxylic acids is 1. The molecule has 0 spiro atoms. The van der Waals surface area contributed by atoms with Crippen molar-refractivity contribution in [1.82, 2.24) is 10.0 Å². The highest BCUT2D eigenvalue weighted by Gasteiger charge is 2.36. The van der Waals surface area contributed by atoms with Crippen molar-refractivity contribution in [2.45, 2.75) is 19.1 Å². The van der Waals surface area contributed by atoms with Gasteiger partial charge in [-0.05, 0) is 18.6 Å². The number of carbonyl (C=O) groups is 1. The fourth-order valence-electron chi connectivity index (χ4n) is 3.11. The molecule has 0 fully saturated rings. The Morgan fingerprint density at radius 2 is 1.93 bits per heavy atom. The van der Waals surface area contributed by atoms with Gasteiger partial charge in [0, 0.05) is 12.1 Å². The third-order valence-electron chi connectivity index (χ3n) is 4.53. The fourth-order valence-corrected chi connectivity index (χ4v) is 5.09. The van der Waals surface area contributed by atoms with Crippen LogP contribution in [0.4, 0.5) is 9.18 Å². The summed E-state index contributed by atoms with van der Waals surface area (Å²) in [7, 11) is -2.89. The molecule has 1 aliphatic heterocycles. The number of benzene rings is 2. The highest BCUT2D eigenvalue weighted by molar-refractivity contribution is 7.91. The van der Waals surface area contributed by atoms with Gasteiger partial charge >= 0.3 is 6.09 Å². The van der Waals surface area contributed by atoms with Crippen LogP contribution in [0, 0.1) is 5.82 Å². The second-order valence-electron chi connectivity index (χ2n) is 6.92. The lowest BCUT2D eigenvalue weighted by atomic mass is 9.94. The standard InChI is InChI=1S/C21H24FN3O3S/c1-21(18-11-5-6-12-19(18)22,16-29(27)23-13-7-8-14-24-29)25-20(26)28-15-17-9-3-2-4-10-17/h2-12H,13-16H2,1H3,(H,25,26)(H,23,24,27)/t21-/m0/s1. The Morgan fingerprint density at radius 3 is 2.69 bits per heavy atom. The molecular weight excluding hydrogens is 393 g/mol. The number of nitrogens with one attached hydrogen (secondary N) is 2. The van der Waals surface area contributed by atoms with Crippen molar-refractivity contribution < 1.29 is 18.1 Å². The predicted octanol–water partition coefficient (Wildman–Crippen LogP) is 3.51. The van der Waals surface area contributed by atoms with Crippen LogP contribution >= 0.6 is 0 Å². The number of ether oxygens (including phenoxy) is 1. The third-order valence-corrected chi connectivity index (χ3v) is 6.68. The molecule has 1 amide bonds. The zero-order valence-corrected chi connectivity index (χ0v) is 17.0. The molecule has 0 aliphatic carbocycles. The minimum atomic E-state index is -2.89. The van der Waals surface area contributed by atoms with Crippen LogP contribution in [0.3, 0.4) is 0 Å². The summed E-state index contributed by atoms with van der Waals surface area (Å²) in [5.41, 5.74) is -0.252. The Balaban J connectivity index is 1.83. The summed E-state index contributed by atoms with van der Waals surface area (Å²) >= 11 is 0. The molecule has 154 valence electrons. The Bertz CT molecular complexity index is 1000. The number of alkyl carbamates (subject to hydrolysis) is 1. The lowest BCUT2D eigenvalue weighted by Crippen LogP contribution is -2.50. The van der Waals surface area contributed by atoms with Crippen LogP contribution in [0.25, 0.3) is 0 Å². The maximum atomic E-state index is 14.6. The van der Waals surface area contributed by atoms with Gasteiger partial charge in [0.15, 0.2) is 0 Å². The van der Waals surface area contributed by atoms with Gasteiger partial charge in [0.05, 0.1) is 17.8 Å². The van der Waals surface area contributed by atoms with Gasteiger partial charge in [-0.3, -0.25) is 0 Å². The number of rotatable bonds is 6. The highest BCUT2D eigenvalue weighted by Crippen LogP contribution is 2.26. The van der Waals surface area contributed by atoms with E-state index in [0.717, 1.165) is 5.56 Å². The van der Waals surface area contributed by atoms with Crippen LogP contribution in [0.15, 0.2) is 71.1 Å². The lowest BCUT2D eigenvalue weighted by molar-refractivity contribution is 0.129. The Hall–Kier alpha value is -2.71. The molecule has 1 unspecified atom stereocenters. The minimum Gasteiger partial charge on any atom is -0.445 e. The molecule has 0 radical (unpaired) electrons. The van der Waals surface area contributed by atoms with Crippen LogP contribution < -0.4 is 10.0 Å². The van der Waals surface area contributed by atoms with Crippen molar-refractivity contribution in [3.8, 4) is 0 Å². The summed E-state index contributed by atoms with van der Waals surface area (Å²) in [5.74, 6) is -0.614. The largest absolute Gasteiger partial charge is 0.445 e. The quantitative estimate of drug-likeness (QED) is 0.706. The lowest BCUT2D eigenvalue weighted by Gasteiger charge is -2.32. The van der Waals surface area contributed by atoms with Gasteiger partial charge in [-0.1, -0.05) is 60.7 Å². The molecule has 0 saturated carbocycles. The summed E-state index contributed by atoms with van der Waals surface area (Å²) in [4.78, 5) is 12.5. The molecule has 2 atom stereocenters. The first-order valence-corrected chi connectivity index (χ1v) is 10.9. The van der Waals surface area contributed by atoms with Crippen molar-refractivity contribution in [3.63, 3.8) is 0 Å². The van der Waals surface area contributed by atoms with E-state index in [1.54, 1.807) is 25.1 Å². The Kier molecular flexibility index (Phi) is 6.66. The van der Waals surface area contributed by atoms with Crippen molar-refractivity contribution in [2.24, 2.45) is 4.36 Å². The van der Waals surface area contributed by atoms with E-state index in [1.807, 2.05) is 42.5 Å². The van der Waals surface area contributed by atoms with E-state index >= 15 is 0 Å². The predicted molar refractivity (Wildman–Crippen MR) is 111 cm³/mol. The molecule has 1 aliphatic rings. The van der Waals surface area contributed by atoms with Crippen molar-refractivity contribution >= 4 is 16.0 Å². The summed E-state index contributed by atoms with van der Waals surface area (Å²) in [6, 6.07) is 15.3. The number of hydrogen-bond acceptors (Lipinski definition) is 4. The van der Waals surface area contributed by atoms with Crippen molar-refractivity contribution in [2.75, 3.05) is 18.8 Å². The normalized spacial score (nSPS) is 20.8. The van der Waals surface area contributed by atoms with E-state index in [2.05, 4.69) is 14.4 Å². The van der Waals surface area contributed by atoms with Crippen LogP contribution in [0.5, 0.6) is 0 Å². The minimum absolute atomic E-state index is 0.0714. The first-order valence-electron chi connectivity index (χ1n) is 9.24. The van der Waals surface area contributed by atoms with Crippen LogP contribution in [-0.4, -0.2) is 29.1 Å². The molecule has 0 bridgehead atoms. The van der Waals surface area contributed by atoms with Gasteiger partial charge in [0.2, 0.25) is 0 Å². The molecule has 0 aromatic heterocycles. The number of amides is 1. The summed E-state index contributed by atoms with van der Waals surface area (Å²) < 4.78 is 40.3. The third kappa shape index (κ3) is 5.65. The van der Waals surface area contributed by atoms with Gasteiger partial charge in [-0.2, -0.15) is 0 Å². The van der Waals surface area contributed by atoms with Crippen LogP contribution in [0.2, 0.25) is 0 Å². The molecular formula is C21H24FN3O3S. The van der Waals surface area contributed by atoms with Gasteiger partial charge in [0.25, 0.3) is 0 Å². The first kappa shape index (κ1) is 21.0. The molecule has 1 heterocycles. The second kappa shape index (κ2) is 9.19. The van der Waals surface area contributed by atoms with E-state index in [4.69, 9.17) is 4.74 Å². The average Bonchev–Trinajstić information content (AvgIpc) is 2.91. The molecule has 3 rings (SSSR count). The summed E-state index contributed by atoms with van der Waals surface area (Å²) in [5, 5.41) is 2.71. The Labute approximate surface area is 170 Å². The monoisotopic (exact) mass is 417 g/mol. The maximum absolute atomic E-state index is 14.6. The molecule has 6 nitrogen and oxygen atoms in total. The number of hydrogen-bond donors (Lipinski definition) is 2. The summed E-state index contributed by atoms with van der Waals surface area (Å²) in [6.07, 6.45) is 2.91. The van der Waals surface area contributed by atoms with Gasteiger partial charge in [0.1, 0.15) is 22.3 Å². The fraction of sp³-hybridized carbons (Fsp3) is 0.286. The van der Waals surface area contributed by atoms with E-state index < -0.39 is 27.4 Å². The molecule has 2 aromatic rings. The maximum Gasteiger partial charge on any atom is 0.408 e. The first-order chi connectivity index (χ1) is 13.9. The Morgan fingerprint density at radius 1 is 1.21 bits per heavy atom. The molecule has 2 N–H and O–H groups in total. The van der Waals surface area contributed by atoms with Gasteiger partial charge < -0.3 is 10.1 Å². The highest BCUT2D eigenvalue weighted by atomic mass is 32.2. The van der Waals surface area contributed by atoms with E-state index in [-0.39, 0.29) is 24.5 Å². The van der Waals surface area contributed by atoms with Crippen molar-refractivity contribution in [3.05, 3.63) is 83.7 Å².